The first-order chi connectivity index (χ1) is 9.21. The summed E-state index contributed by atoms with van der Waals surface area (Å²) in [5, 5.41) is 0. The molecule has 0 saturated carbocycles. The third-order valence-electron chi connectivity index (χ3n) is 3.40. The van der Waals surface area contributed by atoms with Crippen LogP contribution in [0.1, 0.15) is 50.7 Å². The molecule has 0 radical (unpaired) electrons. The summed E-state index contributed by atoms with van der Waals surface area (Å²) in [7, 11) is 0. The maximum atomic E-state index is 13.8. The van der Waals surface area contributed by atoms with Crippen LogP contribution in [0.4, 0.5) is 4.39 Å². The smallest absolute Gasteiger partial charge is 0.127 e. The molecule has 0 heterocycles. The highest BCUT2D eigenvalue weighted by Gasteiger charge is 2.09. The van der Waals surface area contributed by atoms with Crippen LogP contribution in [0.5, 0.6) is 0 Å². The maximum Gasteiger partial charge on any atom is 0.127 e. The second kappa shape index (κ2) is 9.05. The van der Waals surface area contributed by atoms with Crippen molar-refractivity contribution >= 4 is 0 Å². The van der Waals surface area contributed by atoms with Gasteiger partial charge in [-0.3, -0.25) is 4.90 Å². The van der Waals surface area contributed by atoms with Gasteiger partial charge in [0, 0.05) is 18.7 Å². The van der Waals surface area contributed by atoms with Gasteiger partial charge in [0.25, 0.3) is 0 Å². The number of halogens is 1. The van der Waals surface area contributed by atoms with Crippen molar-refractivity contribution in [3.63, 3.8) is 0 Å². The molecule has 0 aromatic heterocycles. The Balaban J connectivity index is 2.70. The van der Waals surface area contributed by atoms with Crippen molar-refractivity contribution in [1.29, 1.82) is 0 Å². The Morgan fingerprint density at radius 1 is 1.11 bits per heavy atom. The first-order valence-electron chi connectivity index (χ1n) is 7.41. The van der Waals surface area contributed by atoms with Gasteiger partial charge in [-0.15, -0.1) is 0 Å². The minimum atomic E-state index is -0.116. The molecule has 19 heavy (non-hydrogen) atoms. The Kier molecular flexibility index (Phi) is 7.68. The molecule has 2 nitrogen and oxygen atoms in total. The monoisotopic (exact) mass is 266 g/mol. The van der Waals surface area contributed by atoms with E-state index in [1.54, 1.807) is 6.07 Å². The van der Waals surface area contributed by atoms with Crippen molar-refractivity contribution in [3.8, 4) is 0 Å². The normalized spacial score (nSPS) is 11.2. The Bertz CT molecular complexity index is 358. The van der Waals surface area contributed by atoms with Gasteiger partial charge in [0.15, 0.2) is 0 Å². The lowest BCUT2D eigenvalue weighted by molar-refractivity contribution is 0.253. The second-order valence-corrected chi connectivity index (χ2v) is 5.11. The number of rotatable bonds is 9. The van der Waals surface area contributed by atoms with Crippen LogP contribution in [0.25, 0.3) is 0 Å². The average molecular weight is 266 g/mol. The molecule has 0 aliphatic heterocycles. The van der Waals surface area contributed by atoms with Crippen molar-refractivity contribution < 1.29 is 4.39 Å². The lowest BCUT2D eigenvalue weighted by atomic mass is 10.1. The van der Waals surface area contributed by atoms with Crippen LogP contribution in [-0.2, 0) is 13.1 Å². The van der Waals surface area contributed by atoms with Crippen LogP contribution in [0, 0.1) is 5.82 Å². The van der Waals surface area contributed by atoms with E-state index in [1.807, 2.05) is 6.07 Å². The molecule has 1 rings (SSSR count). The minimum absolute atomic E-state index is 0.116. The first-order valence-corrected chi connectivity index (χ1v) is 7.41. The quantitative estimate of drug-likeness (QED) is 0.738. The number of benzene rings is 1. The molecule has 2 N–H and O–H groups in total. The van der Waals surface area contributed by atoms with Gasteiger partial charge >= 0.3 is 0 Å². The van der Waals surface area contributed by atoms with Gasteiger partial charge in [-0.25, -0.2) is 4.39 Å². The van der Waals surface area contributed by atoms with Crippen LogP contribution in [-0.4, -0.2) is 18.0 Å². The van der Waals surface area contributed by atoms with Gasteiger partial charge in [0.05, 0.1) is 0 Å². The summed E-state index contributed by atoms with van der Waals surface area (Å²) in [5.74, 6) is -0.116. The molecule has 3 heteroatoms. The highest BCUT2D eigenvalue weighted by Crippen LogP contribution is 2.14. The van der Waals surface area contributed by atoms with Crippen molar-refractivity contribution in [1.82, 2.24) is 4.90 Å². The van der Waals surface area contributed by atoms with Crippen LogP contribution in [0.2, 0.25) is 0 Å². The number of hydrogen-bond donors (Lipinski definition) is 1. The Hall–Kier alpha value is -0.930. The molecule has 0 atom stereocenters. The fraction of sp³-hybridized carbons (Fsp3) is 0.625. The molecule has 108 valence electrons. The Labute approximate surface area is 116 Å². The predicted molar refractivity (Wildman–Crippen MR) is 79.4 cm³/mol. The summed E-state index contributed by atoms with van der Waals surface area (Å²) < 4.78 is 13.8. The molecule has 0 unspecified atom stereocenters. The van der Waals surface area contributed by atoms with E-state index in [2.05, 4.69) is 18.7 Å². The van der Waals surface area contributed by atoms with Crippen molar-refractivity contribution in [3.05, 3.63) is 35.1 Å². The number of nitrogens with zero attached hydrogens (tertiary/aromatic N) is 1. The van der Waals surface area contributed by atoms with Crippen LogP contribution >= 0.6 is 0 Å². The van der Waals surface area contributed by atoms with E-state index >= 15 is 0 Å². The summed E-state index contributed by atoms with van der Waals surface area (Å²) in [4.78, 5) is 2.35. The fourth-order valence-electron chi connectivity index (χ4n) is 2.15. The molecule has 0 aliphatic carbocycles. The summed E-state index contributed by atoms with van der Waals surface area (Å²) >= 11 is 0. The first kappa shape index (κ1) is 16.1. The average Bonchev–Trinajstić information content (AvgIpc) is 2.43. The van der Waals surface area contributed by atoms with Crippen molar-refractivity contribution in [2.75, 3.05) is 13.1 Å². The highest BCUT2D eigenvalue weighted by atomic mass is 19.1. The molecule has 1 aromatic carbocycles. The molecular weight excluding hydrogens is 239 g/mol. The van der Waals surface area contributed by atoms with E-state index < -0.39 is 0 Å². The maximum absolute atomic E-state index is 13.8. The van der Waals surface area contributed by atoms with E-state index in [0.29, 0.717) is 13.1 Å². The van der Waals surface area contributed by atoms with E-state index in [0.717, 1.165) is 24.2 Å². The van der Waals surface area contributed by atoms with E-state index in [9.17, 15) is 4.39 Å². The summed E-state index contributed by atoms with van der Waals surface area (Å²) in [6, 6.07) is 5.21. The summed E-state index contributed by atoms with van der Waals surface area (Å²) in [6.45, 7) is 7.63. The molecule has 0 spiro atoms. The molecule has 0 aliphatic rings. The molecular formula is C16H27FN2. The zero-order valence-electron chi connectivity index (χ0n) is 12.3. The van der Waals surface area contributed by atoms with E-state index in [4.69, 9.17) is 5.73 Å². The molecule has 1 aromatic rings. The fourth-order valence-corrected chi connectivity index (χ4v) is 2.15. The van der Waals surface area contributed by atoms with Crippen LogP contribution in [0.15, 0.2) is 18.2 Å². The second-order valence-electron chi connectivity index (χ2n) is 5.11. The third-order valence-corrected chi connectivity index (χ3v) is 3.40. The van der Waals surface area contributed by atoms with E-state index in [1.165, 1.54) is 31.7 Å². The van der Waals surface area contributed by atoms with Crippen LogP contribution in [0.3, 0.4) is 0 Å². The number of nitrogens with two attached hydrogens (primary N) is 1. The summed E-state index contributed by atoms with van der Waals surface area (Å²) in [6.07, 6.45) is 4.69. The van der Waals surface area contributed by atoms with Crippen molar-refractivity contribution in [2.24, 2.45) is 5.73 Å². The highest BCUT2D eigenvalue weighted by molar-refractivity contribution is 5.25. The van der Waals surface area contributed by atoms with Crippen LogP contribution < -0.4 is 5.73 Å². The molecule has 0 bridgehead atoms. The lowest BCUT2D eigenvalue weighted by Crippen LogP contribution is -2.26. The molecule has 0 saturated heterocycles. The van der Waals surface area contributed by atoms with Gasteiger partial charge in [-0.1, -0.05) is 38.8 Å². The van der Waals surface area contributed by atoms with Gasteiger partial charge in [0.2, 0.25) is 0 Å². The molecule has 0 amide bonds. The minimum Gasteiger partial charge on any atom is -0.326 e. The summed E-state index contributed by atoms with van der Waals surface area (Å²) in [5.41, 5.74) is 7.40. The van der Waals surface area contributed by atoms with Crippen molar-refractivity contribution in [2.45, 2.75) is 52.6 Å². The topological polar surface area (TPSA) is 29.3 Å². The number of hydrogen-bond acceptors (Lipinski definition) is 2. The van der Waals surface area contributed by atoms with Gasteiger partial charge < -0.3 is 5.73 Å². The zero-order valence-corrected chi connectivity index (χ0v) is 12.3. The molecule has 0 fully saturated rings. The Morgan fingerprint density at radius 2 is 1.74 bits per heavy atom. The zero-order chi connectivity index (χ0) is 14.1. The van der Waals surface area contributed by atoms with Gasteiger partial charge in [-0.05, 0) is 37.6 Å². The predicted octanol–water partition coefficient (Wildman–Crippen LogP) is 3.69. The van der Waals surface area contributed by atoms with E-state index in [-0.39, 0.29) is 5.82 Å². The SMILES string of the molecule is CCCCN(CCCC)Cc1cc(CN)ccc1F. The van der Waals surface area contributed by atoms with Gasteiger partial charge in [0.1, 0.15) is 5.82 Å². The largest absolute Gasteiger partial charge is 0.326 e. The lowest BCUT2D eigenvalue weighted by Gasteiger charge is -2.22. The number of unbranched alkanes of at least 4 members (excludes halogenated alkanes) is 2. The van der Waals surface area contributed by atoms with Gasteiger partial charge in [-0.2, -0.15) is 0 Å². The Morgan fingerprint density at radius 3 is 2.26 bits per heavy atom. The standard InChI is InChI=1S/C16H27FN2/c1-3-5-9-19(10-6-4-2)13-15-11-14(12-18)7-8-16(15)17/h7-8,11H,3-6,9-10,12-13,18H2,1-2H3. The third kappa shape index (κ3) is 5.70.